The van der Waals surface area contributed by atoms with E-state index in [1.807, 2.05) is 37.3 Å². The SMILES string of the molecule is Cc1ccc(NC(=O)c2cccc(-c3ccc(S(=O)(=O)N4CCOCC4)s3)c2)cc1. The highest BCUT2D eigenvalue weighted by Gasteiger charge is 2.27. The summed E-state index contributed by atoms with van der Waals surface area (Å²) in [5.74, 6) is -0.210. The standard InChI is InChI=1S/C22H22N2O4S2/c1-16-5-7-19(8-6-16)23-22(25)18-4-2-3-17(15-18)20-9-10-21(29-20)30(26,27)24-11-13-28-14-12-24/h2-10,15H,11-14H2,1H3,(H,23,25). The molecule has 30 heavy (non-hydrogen) atoms. The topological polar surface area (TPSA) is 75.7 Å². The summed E-state index contributed by atoms with van der Waals surface area (Å²) in [7, 11) is -3.53. The molecule has 1 amide bonds. The zero-order chi connectivity index (χ0) is 21.1. The Morgan fingerprint density at radius 3 is 2.50 bits per heavy atom. The van der Waals surface area contributed by atoms with Gasteiger partial charge in [0.25, 0.3) is 15.9 Å². The molecule has 156 valence electrons. The summed E-state index contributed by atoms with van der Waals surface area (Å²) in [6.07, 6.45) is 0. The van der Waals surface area contributed by atoms with Crippen molar-refractivity contribution in [3.63, 3.8) is 0 Å². The molecule has 0 saturated carbocycles. The smallest absolute Gasteiger partial charge is 0.255 e. The highest BCUT2D eigenvalue weighted by Crippen LogP contribution is 2.33. The van der Waals surface area contributed by atoms with Gasteiger partial charge in [-0.05, 0) is 48.9 Å². The van der Waals surface area contributed by atoms with Crippen LogP contribution < -0.4 is 5.32 Å². The van der Waals surface area contributed by atoms with Gasteiger partial charge >= 0.3 is 0 Å². The van der Waals surface area contributed by atoms with Crippen molar-refractivity contribution >= 4 is 33.0 Å². The normalized spacial score (nSPS) is 15.1. The fourth-order valence-electron chi connectivity index (χ4n) is 3.18. The van der Waals surface area contributed by atoms with E-state index in [9.17, 15) is 13.2 Å². The number of sulfonamides is 1. The van der Waals surface area contributed by atoms with Crippen molar-refractivity contribution in [2.75, 3.05) is 31.6 Å². The van der Waals surface area contributed by atoms with Gasteiger partial charge in [0.2, 0.25) is 0 Å². The average Bonchev–Trinajstić information content (AvgIpc) is 3.27. The summed E-state index contributed by atoms with van der Waals surface area (Å²) < 4.78 is 32.7. The molecule has 8 heteroatoms. The number of rotatable bonds is 5. The minimum Gasteiger partial charge on any atom is -0.379 e. The van der Waals surface area contributed by atoms with Gasteiger partial charge in [0.15, 0.2) is 0 Å². The maximum Gasteiger partial charge on any atom is 0.255 e. The number of carbonyl (C=O) groups excluding carboxylic acids is 1. The first-order valence-electron chi connectivity index (χ1n) is 9.60. The summed E-state index contributed by atoms with van der Waals surface area (Å²) in [5, 5.41) is 2.89. The molecule has 1 fully saturated rings. The van der Waals surface area contributed by atoms with Crippen molar-refractivity contribution in [2.45, 2.75) is 11.1 Å². The summed E-state index contributed by atoms with van der Waals surface area (Å²) >= 11 is 1.21. The van der Waals surface area contributed by atoms with E-state index >= 15 is 0 Å². The minimum atomic E-state index is -3.53. The number of carbonyl (C=O) groups is 1. The van der Waals surface area contributed by atoms with Gasteiger partial charge in [-0.3, -0.25) is 4.79 Å². The van der Waals surface area contributed by atoms with Crippen LogP contribution in [0, 0.1) is 6.92 Å². The second-order valence-electron chi connectivity index (χ2n) is 7.04. The molecule has 1 aliphatic heterocycles. The summed E-state index contributed by atoms with van der Waals surface area (Å²) in [6, 6.07) is 18.2. The highest BCUT2D eigenvalue weighted by atomic mass is 32.2. The van der Waals surface area contributed by atoms with Crippen LogP contribution in [0.15, 0.2) is 64.9 Å². The maximum absolute atomic E-state index is 12.9. The number of thiophene rings is 1. The lowest BCUT2D eigenvalue weighted by Gasteiger charge is -2.25. The quantitative estimate of drug-likeness (QED) is 0.648. The Kier molecular flexibility index (Phi) is 6.01. The second kappa shape index (κ2) is 8.69. The largest absolute Gasteiger partial charge is 0.379 e. The van der Waals surface area contributed by atoms with Crippen molar-refractivity contribution in [1.29, 1.82) is 0 Å². The third-order valence-electron chi connectivity index (χ3n) is 4.86. The fraction of sp³-hybridized carbons (Fsp3) is 0.227. The Morgan fingerprint density at radius 2 is 1.77 bits per heavy atom. The van der Waals surface area contributed by atoms with Gasteiger partial charge in [0, 0.05) is 29.2 Å². The van der Waals surface area contributed by atoms with Crippen LogP contribution in [0.1, 0.15) is 15.9 Å². The van der Waals surface area contributed by atoms with Crippen LogP contribution in [0.25, 0.3) is 10.4 Å². The molecule has 2 heterocycles. The number of amides is 1. The van der Waals surface area contributed by atoms with Crippen molar-refractivity contribution < 1.29 is 17.9 Å². The van der Waals surface area contributed by atoms with E-state index in [-0.39, 0.29) is 5.91 Å². The van der Waals surface area contributed by atoms with E-state index in [1.165, 1.54) is 15.6 Å². The lowest BCUT2D eigenvalue weighted by atomic mass is 10.1. The maximum atomic E-state index is 12.9. The first kappa shape index (κ1) is 20.7. The third kappa shape index (κ3) is 4.46. The third-order valence-corrected chi connectivity index (χ3v) is 8.36. The van der Waals surface area contributed by atoms with Gasteiger partial charge in [0.05, 0.1) is 13.2 Å². The number of nitrogens with zero attached hydrogens (tertiary/aromatic N) is 1. The molecule has 0 bridgehead atoms. The van der Waals surface area contributed by atoms with Crippen LogP contribution in [-0.2, 0) is 14.8 Å². The number of morpholine rings is 1. The van der Waals surface area contributed by atoms with E-state index in [4.69, 9.17) is 4.74 Å². The van der Waals surface area contributed by atoms with Gasteiger partial charge in [0.1, 0.15) is 4.21 Å². The van der Waals surface area contributed by atoms with E-state index in [2.05, 4.69) is 5.32 Å². The monoisotopic (exact) mass is 442 g/mol. The van der Waals surface area contributed by atoms with Crippen LogP contribution in [0.5, 0.6) is 0 Å². The number of hydrogen-bond donors (Lipinski definition) is 1. The lowest BCUT2D eigenvalue weighted by molar-refractivity contribution is 0.0731. The Hall–Kier alpha value is -2.52. The van der Waals surface area contributed by atoms with E-state index in [1.54, 1.807) is 30.3 Å². The number of ether oxygens (including phenoxy) is 1. The molecule has 1 saturated heterocycles. The number of aryl methyl sites for hydroxylation is 1. The molecule has 1 aromatic heterocycles. The van der Waals surface area contributed by atoms with E-state index in [0.717, 1.165) is 21.7 Å². The molecule has 0 unspecified atom stereocenters. The Bertz CT molecular complexity index is 1150. The molecule has 2 aromatic carbocycles. The molecule has 0 spiro atoms. The van der Waals surface area contributed by atoms with Crippen LogP contribution in [-0.4, -0.2) is 44.9 Å². The minimum absolute atomic E-state index is 0.210. The molecule has 1 N–H and O–H groups in total. The number of benzene rings is 2. The van der Waals surface area contributed by atoms with E-state index < -0.39 is 10.0 Å². The Morgan fingerprint density at radius 1 is 1.03 bits per heavy atom. The summed E-state index contributed by atoms with van der Waals surface area (Å²) in [6.45, 7) is 3.54. The zero-order valence-electron chi connectivity index (χ0n) is 16.5. The van der Waals surface area contributed by atoms with Gasteiger partial charge < -0.3 is 10.1 Å². The second-order valence-corrected chi connectivity index (χ2v) is 10.3. The van der Waals surface area contributed by atoms with Crippen molar-refractivity contribution in [3.05, 3.63) is 71.8 Å². The van der Waals surface area contributed by atoms with Gasteiger partial charge in [-0.15, -0.1) is 11.3 Å². The van der Waals surface area contributed by atoms with Crippen LogP contribution in [0.4, 0.5) is 5.69 Å². The molecule has 4 rings (SSSR count). The van der Waals surface area contributed by atoms with Crippen molar-refractivity contribution in [1.82, 2.24) is 4.31 Å². The molecular formula is C22H22N2O4S2. The summed E-state index contributed by atoms with van der Waals surface area (Å²) in [4.78, 5) is 13.4. The van der Waals surface area contributed by atoms with Gasteiger partial charge in [-0.1, -0.05) is 29.8 Å². The molecule has 3 aromatic rings. The molecule has 1 aliphatic rings. The van der Waals surface area contributed by atoms with Crippen molar-refractivity contribution in [3.8, 4) is 10.4 Å². The predicted molar refractivity (Wildman–Crippen MR) is 118 cm³/mol. The highest BCUT2D eigenvalue weighted by molar-refractivity contribution is 7.91. The first-order chi connectivity index (χ1) is 14.4. The van der Waals surface area contributed by atoms with Crippen LogP contribution in [0.2, 0.25) is 0 Å². The Labute approximate surface area is 180 Å². The average molecular weight is 443 g/mol. The van der Waals surface area contributed by atoms with Gasteiger partial charge in [-0.2, -0.15) is 4.31 Å². The van der Waals surface area contributed by atoms with Gasteiger partial charge in [-0.25, -0.2) is 8.42 Å². The summed E-state index contributed by atoms with van der Waals surface area (Å²) in [5.41, 5.74) is 3.17. The molecule has 6 nitrogen and oxygen atoms in total. The number of anilines is 1. The van der Waals surface area contributed by atoms with Crippen LogP contribution >= 0.6 is 11.3 Å². The van der Waals surface area contributed by atoms with E-state index in [0.29, 0.717) is 36.1 Å². The van der Waals surface area contributed by atoms with Crippen molar-refractivity contribution in [2.24, 2.45) is 0 Å². The number of hydrogen-bond acceptors (Lipinski definition) is 5. The predicted octanol–water partition coefficient (Wildman–Crippen LogP) is 4.00. The zero-order valence-corrected chi connectivity index (χ0v) is 18.1. The molecule has 0 radical (unpaired) electrons. The molecule has 0 aliphatic carbocycles. The van der Waals surface area contributed by atoms with Crippen LogP contribution in [0.3, 0.4) is 0 Å². The molecule has 0 atom stereocenters. The first-order valence-corrected chi connectivity index (χ1v) is 11.9. The Balaban J connectivity index is 1.54. The lowest BCUT2D eigenvalue weighted by Crippen LogP contribution is -2.40. The number of nitrogens with one attached hydrogen (secondary N) is 1. The fourth-order valence-corrected chi connectivity index (χ4v) is 6.05. The molecular weight excluding hydrogens is 420 g/mol.